The van der Waals surface area contributed by atoms with E-state index in [0.29, 0.717) is 11.3 Å². The molecule has 0 nitrogen and oxygen atoms in total. The Morgan fingerprint density at radius 1 is 0.632 bits per heavy atom. The molecule has 0 amide bonds. The lowest BCUT2D eigenvalue weighted by molar-refractivity contribution is 1.18. The number of allylic oxidation sites excluding steroid dienone is 2. The molecule has 0 spiro atoms. The highest BCUT2D eigenvalue weighted by atomic mass is 31.1. The summed E-state index contributed by atoms with van der Waals surface area (Å²) >= 11 is 0. The van der Waals surface area contributed by atoms with Crippen LogP contribution in [0.25, 0.3) is 12.2 Å². The second kappa shape index (κ2) is 4.47. The molecule has 0 saturated heterocycles. The average Bonchev–Trinajstić information content (AvgIpc) is 3.05. The van der Waals surface area contributed by atoms with Crippen LogP contribution in [0.5, 0.6) is 0 Å². The largest absolute Gasteiger partial charge is 0.0984 e. The molecule has 0 heterocycles. The summed E-state index contributed by atoms with van der Waals surface area (Å²) in [7, 11) is 0.900. The second-order valence-corrected chi connectivity index (χ2v) is 6.68. The molecular weight excluding hydrogens is 247 g/mol. The lowest BCUT2D eigenvalue weighted by Gasteiger charge is -2.17. The van der Waals surface area contributed by atoms with Crippen LogP contribution in [0.1, 0.15) is 33.6 Å². The number of benzene rings is 2. The van der Waals surface area contributed by atoms with E-state index in [0.717, 1.165) is 8.58 Å². The molecule has 0 radical (unpaired) electrons. The van der Waals surface area contributed by atoms with E-state index in [-0.39, 0.29) is 0 Å². The van der Waals surface area contributed by atoms with Crippen LogP contribution in [-0.4, -0.2) is 0 Å². The van der Waals surface area contributed by atoms with E-state index in [1.54, 1.807) is 0 Å². The first-order valence-electron chi connectivity index (χ1n) is 6.72. The summed E-state index contributed by atoms with van der Waals surface area (Å²) in [4.78, 5) is 0. The van der Waals surface area contributed by atoms with Crippen molar-refractivity contribution in [2.45, 2.75) is 11.3 Å². The quantitative estimate of drug-likeness (QED) is 0.652. The van der Waals surface area contributed by atoms with Gasteiger partial charge in [0.05, 0.1) is 0 Å². The highest BCUT2D eigenvalue weighted by Gasteiger charge is 2.23. The lowest BCUT2D eigenvalue weighted by Crippen LogP contribution is -1.91. The first kappa shape index (κ1) is 11.2. The molecule has 0 N–H and O–H groups in total. The summed E-state index contributed by atoms with van der Waals surface area (Å²) in [5.41, 5.74) is 6.98. The Kier molecular flexibility index (Phi) is 2.64. The van der Waals surface area contributed by atoms with Gasteiger partial charge in [-0.2, -0.15) is 0 Å². The standard InChI is InChI=1S/C18H15P/c1-3-7-15-13(5-1)9-11-17(15)19-18-12-10-14-6-2-4-8-16(14)18/h1-12,17-19H. The van der Waals surface area contributed by atoms with Crippen LogP contribution < -0.4 is 0 Å². The molecule has 0 saturated carbocycles. The normalized spacial score (nSPS) is 23.2. The maximum Gasteiger partial charge on any atom is 0.0210 e. The minimum atomic E-state index is 0.594. The van der Waals surface area contributed by atoms with Gasteiger partial charge in [-0.25, -0.2) is 0 Å². The molecular formula is C18H15P. The SMILES string of the molecule is C1=CC(PC2C=Cc3ccccc32)c2ccccc21. The molecule has 92 valence electrons. The second-order valence-electron chi connectivity index (χ2n) is 5.10. The number of fused-ring (bicyclic) bond motifs is 2. The van der Waals surface area contributed by atoms with Crippen LogP contribution in [0.3, 0.4) is 0 Å². The van der Waals surface area contributed by atoms with Crippen molar-refractivity contribution in [2.24, 2.45) is 0 Å². The van der Waals surface area contributed by atoms with Gasteiger partial charge < -0.3 is 0 Å². The Bertz CT molecular complexity index is 622. The number of hydrogen-bond acceptors (Lipinski definition) is 0. The fraction of sp³-hybridized carbons (Fsp3) is 0.111. The topological polar surface area (TPSA) is 0 Å². The van der Waals surface area contributed by atoms with E-state index in [2.05, 4.69) is 72.8 Å². The predicted molar refractivity (Wildman–Crippen MR) is 84.7 cm³/mol. The van der Waals surface area contributed by atoms with Gasteiger partial charge in [0.25, 0.3) is 0 Å². The maximum absolute atomic E-state index is 2.37. The molecule has 2 unspecified atom stereocenters. The van der Waals surface area contributed by atoms with Crippen LogP contribution in [0.4, 0.5) is 0 Å². The van der Waals surface area contributed by atoms with E-state index in [1.165, 1.54) is 22.3 Å². The van der Waals surface area contributed by atoms with Crippen LogP contribution >= 0.6 is 8.58 Å². The van der Waals surface area contributed by atoms with Crippen LogP contribution in [0, 0.1) is 0 Å². The fourth-order valence-electron chi connectivity index (χ4n) is 2.98. The average molecular weight is 262 g/mol. The van der Waals surface area contributed by atoms with Gasteiger partial charge in [-0.3, -0.25) is 0 Å². The minimum absolute atomic E-state index is 0.594. The molecule has 2 aliphatic rings. The Balaban J connectivity index is 1.62. The molecule has 0 aliphatic heterocycles. The van der Waals surface area contributed by atoms with Gasteiger partial charge in [0, 0.05) is 11.3 Å². The maximum atomic E-state index is 2.37. The highest BCUT2D eigenvalue weighted by molar-refractivity contribution is 7.39. The van der Waals surface area contributed by atoms with Crippen molar-refractivity contribution in [1.29, 1.82) is 0 Å². The molecule has 1 heteroatoms. The molecule has 2 aliphatic carbocycles. The summed E-state index contributed by atoms with van der Waals surface area (Å²) < 4.78 is 0. The van der Waals surface area contributed by atoms with E-state index >= 15 is 0 Å². The Morgan fingerprint density at radius 3 is 1.63 bits per heavy atom. The van der Waals surface area contributed by atoms with Gasteiger partial charge in [0.15, 0.2) is 0 Å². The Hall–Kier alpha value is -1.65. The van der Waals surface area contributed by atoms with Gasteiger partial charge in [-0.1, -0.05) is 81.4 Å². The fourth-order valence-corrected chi connectivity index (χ4v) is 4.67. The van der Waals surface area contributed by atoms with E-state index in [4.69, 9.17) is 0 Å². The van der Waals surface area contributed by atoms with E-state index in [1.807, 2.05) is 0 Å². The third-order valence-electron chi connectivity index (χ3n) is 3.96. The van der Waals surface area contributed by atoms with E-state index < -0.39 is 0 Å². The molecule has 0 bridgehead atoms. The first-order valence-corrected chi connectivity index (χ1v) is 7.87. The summed E-state index contributed by atoms with van der Waals surface area (Å²) in [6.07, 6.45) is 9.30. The molecule has 4 rings (SSSR count). The number of hydrogen-bond donors (Lipinski definition) is 0. The van der Waals surface area contributed by atoms with Crippen molar-refractivity contribution in [1.82, 2.24) is 0 Å². The van der Waals surface area contributed by atoms with Crippen LogP contribution in [0.2, 0.25) is 0 Å². The van der Waals surface area contributed by atoms with Gasteiger partial charge in [-0.15, -0.1) is 0 Å². The van der Waals surface area contributed by atoms with Crippen LogP contribution in [0.15, 0.2) is 60.7 Å². The van der Waals surface area contributed by atoms with Crippen molar-refractivity contribution in [3.8, 4) is 0 Å². The lowest BCUT2D eigenvalue weighted by atomic mass is 10.1. The summed E-state index contributed by atoms with van der Waals surface area (Å²) in [6.45, 7) is 0. The molecule has 0 fully saturated rings. The predicted octanol–water partition coefficient (Wildman–Crippen LogP) is 5.20. The molecule has 0 aromatic heterocycles. The van der Waals surface area contributed by atoms with Crippen molar-refractivity contribution in [3.05, 3.63) is 82.9 Å². The third-order valence-corrected chi connectivity index (χ3v) is 5.68. The smallest absolute Gasteiger partial charge is 0.0210 e. The zero-order chi connectivity index (χ0) is 12.7. The minimum Gasteiger partial charge on any atom is -0.0984 e. The monoisotopic (exact) mass is 262 g/mol. The highest BCUT2D eigenvalue weighted by Crippen LogP contribution is 2.53. The van der Waals surface area contributed by atoms with Gasteiger partial charge in [-0.05, 0) is 22.3 Å². The summed E-state index contributed by atoms with van der Waals surface area (Å²) in [5.74, 6) is 0. The Labute approximate surface area is 115 Å². The first-order chi connectivity index (χ1) is 9.42. The van der Waals surface area contributed by atoms with Gasteiger partial charge in [0.1, 0.15) is 0 Å². The van der Waals surface area contributed by atoms with Crippen molar-refractivity contribution in [2.75, 3.05) is 0 Å². The van der Waals surface area contributed by atoms with Crippen molar-refractivity contribution < 1.29 is 0 Å². The number of rotatable bonds is 2. The van der Waals surface area contributed by atoms with Gasteiger partial charge in [0.2, 0.25) is 0 Å². The molecule has 19 heavy (non-hydrogen) atoms. The van der Waals surface area contributed by atoms with Gasteiger partial charge >= 0.3 is 0 Å². The Morgan fingerprint density at radius 2 is 1.11 bits per heavy atom. The van der Waals surface area contributed by atoms with Crippen LogP contribution in [-0.2, 0) is 0 Å². The summed E-state index contributed by atoms with van der Waals surface area (Å²) in [6, 6.07) is 17.5. The molecule has 2 aromatic rings. The van der Waals surface area contributed by atoms with Crippen molar-refractivity contribution >= 4 is 20.7 Å². The zero-order valence-electron chi connectivity index (χ0n) is 10.6. The van der Waals surface area contributed by atoms with Crippen molar-refractivity contribution in [3.63, 3.8) is 0 Å². The summed E-state index contributed by atoms with van der Waals surface area (Å²) in [5, 5.41) is 0. The zero-order valence-corrected chi connectivity index (χ0v) is 11.6. The van der Waals surface area contributed by atoms with E-state index in [9.17, 15) is 0 Å². The molecule has 2 aromatic carbocycles. The third kappa shape index (κ3) is 1.88. The molecule has 2 atom stereocenters.